The Morgan fingerprint density at radius 1 is 1.05 bits per heavy atom. The lowest BCUT2D eigenvalue weighted by Crippen LogP contribution is -2.51. The minimum Gasteiger partial charge on any atom is -0.367 e. The molecule has 1 fully saturated rings. The molecule has 0 unspecified atom stereocenters. The van der Waals surface area contributed by atoms with Gasteiger partial charge in [0.05, 0.1) is 11.6 Å². The van der Waals surface area contributed by atoms with Crippen LogP contribution in [-0.4, -0.2) is 65.4 Å². The van der Waals surface area contributed by atoms with Gasteiger partial charge < -0.3 is 25.8 Å². The molecule has 0 aliphatic carbocycles. The number of benzene rings is 2. The number of rotatable bonds is 8. The Bertz CT molecular complexity index is 1480. The fourth-order valence-corrected chi connectivity index (χ4v) is 5.28. The molecule has 0 bridgehead atoms. The van der Waals surface area contributed by atoms with E-state index in [4.69, 9.17) is 17.3 Å². The SMILES string of the molecule is CC(C)NC[C@@H](C(=O)N1CCN(c2c(-c3cccc(C(N)=O)c3)cnc3[nH]ccc23)CC1)c1ccc(Cl)cc1.Cl.Cl. The second kappa shape index (κ2) is 14.0. The molecule has 8 nitrogen and oxygen atoms in total. The fourth-order valence-electron chi connectivity index (χ4n) is 5.15. The number of amides is 2. The van der Waals surface area contributed by atoms with Gasteiger partial charge in [-0.3, -0.25) is 9.59 Å². The second-order valence-electron chi connectivity index (χ2n) is 10.2. The van der Waals surface area contributed by atoms with Crippen molar-refractivity contribution in [2.75, 3.05) is 37.6 Å². The summed E-state index contributed by atoms with van der Waals surface area (Å²) in [5.41, 5.74) is 10.6. The van der Waals surface area contributed by atoms with Gasteiger partial charge in [-0.25, -0.2) is 4.98 Å². The summed E-state index contributed by atoms with van der Waals surface area (Å²) in [6.07, 6.45) is 3.71. The first-order valence-corrected chi connectivity index (χ1v) is 13.6. The van der Waals surface area contributed by atoms with Crippen molar-refractivity contribution in [2.24, 2.45) is 5.73 Å². The van der Waals surface area contributed by atoms with E-state index >= 15 is 0 Å². The number of aromatic nitrogens is 2. The normalized spacial score (nSPS) is 14.0. The maximum Gasteiger partial charge on any atom is 0.248 e. The van der Waals surface area contributed by atoms with E-state index < -0.39 is 5.91 Å². The number of H-pyrrole nitrogens is 1. The molecule has 5 rings (SSSR count). The number of nitrogens with zero attached hydrogens (tertiary/aromatic N) is 3. The Labute approximate surface area is 257 Å². The number of halogens is 3. The van der Waals surface area contributed by atoms with Crippen molar-refractivity contribution in [2.45, 2.75) is 25.8 Å². The van der Waals surface area contributed by atoms with E-state index in [1.165, 1.54) is 0 Å². The van der Waals surface area contributed by atoms with Gasteiger partial charge in [-0.05, 0) is 41.5 Å². The summed E-state index contributed by atoms with van der Waals surface area (Å²) < 4.78 is 0. The molecule has 4 aromatic rings. The van der Waals surface area contributed by atoms with Crippen molar-refractivity contribution in [3.05, 3.63) is 83.1 Å². The summed E-state index contributed by atoms with van der Waals surface area (Å²) in [4.78, 5) is 37.7. The van der Waals surface area contributed by atoms with E-state index in [0.717, 1.165) is 33.4 Å². The summed E-state index contributed by atoms with van der Waals surface area (Å²) in [6.45, 7) is 7.25. The molecule has 2 amide bonds. The number of pyridine rings is 1. The predicted octanol–water partition coefficient (Wildman–Crippen LogP) is 5.26. The molecule has 2 aromatic heterocycles. The van der Waals surface area contributed by atoms with Crippen LogP contribution in [0.3, 0.4) is 0 Å². The topological polar surface area (TPSA) is 107 Å². The van der Waals surface area contributed by atoms with Gasteiger partial charge in [-0.15, -0.1) is 24.8 Å². The van der Waals surface area contributed by atoms with Crippen LogP contribution in [0.25, 0.3) is 22.2 Å². The van der Waals surface area contributed by atoms with E-state index in [2.05, 4.69) is 34.0 Å². The standard InChI is InChI=1S/C30H33ClN6O2.2ClH/c1-19(2)34-18-26(20-6-8-23(31)9-7-20)30(39)37-14-12-36(13-15-37)27-24-10-11-33-29(24)35-17-25(27)21-4-3-5-22(16-21)28(32)38;;/h3-11,16-17,19,26,34H,12-15,18H2,1-2H3,(H2,32,38)(H,33,35);2*1H/t26-;;/m1../s1. The fraction of sp³-hybridized carbons (Fsp3) is 0.300. The molecule has 218 valence electrons. The van der Waals surface area contributed by atoms with E-state index in [-0.39, 0.29) is 42.7 Å². The molecule has 1 atom stereocenters. The van der Waals surface area contributed by atoms with Crippen LogP contribution >= 0.6 is 36.4 Å². The van der Waals surface area contributed by atoms with Crippen molar-refractivity contribution in [3.8, 4) is 11.1 Å². The number of aromatic amines is 1. The maximum atomic E-state index is 13.8. The number of fused-ring (bicyclic) bond motifs is 1. The lowest BCUT2D eigenvalue weighted by atomic mass is 9.96. The van der Waals surface area contributed by atoms with E-state index in [1.807, 2.05) is 59.8 Å². The molecule has 1 saturated heterocycles. The van der Waals surface area contributed by atoms with Gasteiger partial charge in [-0.1, -0.05) is 49.7 Å². The molecule has 0 radical (unpaired) electrons. The summed E-state index contributed by atoms with van der Waals surface area (Å²) >= 11 is 6.11. The number of piperazine rings is 1. The Kier molecular flexibility index (Phi) is 11.0. The van der Waals surface area contributed by atoms with Crippen molar-refractivity contribution in [1.29, 1.82) is 0 Å². The minimum absolute atomic E-state index is 0. The van der Waals surface area contributed by atoms with Crippen LogP contribution < -0.4 is 16.0 Å². The number of primary amides is 1. The molecule has 2 aromatic carbocycles. The van der Waals surface area contributed by atoms with Gasteiger partial charge in [0.25, 0.3) is 0 Å². The molecular weight excluding hydrogens is 583 g/mol. The third-order valence-corrected chi connectivity index (χ3v) is 7.48. The summed E-state index contributed by atoms with van der Waals surface area (Å²) in [7, 11) is 0. The number of nitrogens with two attached hydrogens (primary N) is 1. The van der Waals surface area contributed by atoms with Crippen LogP contribution in [0.5, 0.6) is 0 Å². The third-order valence-electron chi connectivity index (χ3n) is 7.22. The highest BCUT2D eigenvalue weighted by Crippen LogP contribution is 2.37. The van der Waals surface area contributed by atoms with Crippen LogP contribution in [-0.2, 0) is 4.79 Å². The lowest BCUT2D eigenvalue weighted by Gasteiger charge is -2.38. The monoisotopic (exact) mass is 616 g/mol. The molecule has 1 aliphatic rings. The van der Waals surface area contributed by atoms with Crippen molar-refractivity contribution in [1.82, 2.24) is 20.2 Å². The maximum absolute atomic E-state index is 13.8. The largest absolute Gasteiger partial charge is 0.367 e. The molecule has 1 aliphatic heterocycles. The number of hydrogen-bond acceptors (Lipinski definition) is 5. The van der Waals surface area contributed by atoms with Crippen LogP contribution in [0.1, 0.15) is 35.7 Å². The number of nitrogens with one attached hydrogen (secondary N) is 2. The van der Waals surface area contributed by atoms with Crippen molar-refractivity contribution < 1.29 is 9.59 Å². The van der Waals surface area contributed by atoms with Crippen LogP contribution in [0.15, 0.2) is 67.0 Å². The van der Waals surface area contributed by atoms with E-state index in [0.29, 0.717) is 43.3 Å². The van der Waals surface area contributed by atoms with Crippen LogP contribution in [0, 0.1) is 0 Å². The van der Waals surface area contributed by atoms with Crippen molar-refractivity contribution >= 4 is 65.0 Å². The summed E-state index contributed by atoms with van der Waals surface area (Å²) in [5, 5.41) is 5.09. The highest BCUT2D eigenvalue weighted by atomic mass is 35.5. The third kappa shape index (κ3) is 7.13. The molecule has 4 N–H and O–H groups in total. The molecular formula is C30H35Cl3N6O2. The average Bonchev–Trinajstić information content (AvgIpc) is 3.42. The zero-order valence-corrected chi connectivity index (χ0v) is 25.4. The first kappa shape index (κ1) is 32.2. The first-order valence-electron chi connectivity index (χ1n) is 13.2. The Balaban J connectivity index is 0.00000231. The molecule has 41 heavy (non-hydrogen) atoms. The number of hydrogen-bond donors (Lipinski definition) is 3. The summed E-state index contributed by atoms with van der Waals surface area (Å²) in [5.74, 6) is -0.648. The highest BCUT2D eigenvalue weighted by molar-refractivity contribution is 6.30. The molecule has 11 heteroatoms. The van der Waals surface area contributed by atoms with E-state index in [9.17, 15) is 9.59 Å². The summed E-state index contributed by atoms with van der Waals surface area (Å²) in [6, 6.07) is 17.2. The first-order chi connectivity index (χ1) is 18.8. The number of carbonyl (C=O) groups excluding carboxylic acids is 2. The minimum atomic E-state index is -0.469. The predicted molar refractivity (Wildman–Crippen MR) is 171 cm³/mol. The Hall–Kier alpha value is -3.30. The van der Waals surface area contributed by atoms with Crippen LogP contribution in [0.2, 0.25) is 5.02 Å². The Morgan fingerprint density at radius 2 is 1.76 bits per heavy atom. The van der Waals surface area contributed by atoms with Gasteiger partial charge in [0.1, 0.15) is 5.65 Å². The van der Waals surface area contributed by atoms with Gasteiger partial charge in [-0.2, -0.15) is 0 Å². The average molecular weight is 618 g/mol. The second-order valence-corrected chi connectivity index (χ2v) is 10.6. The quantitative estimate of drug-likeness (QED) is 0.250. The van der Waals surface area contributed by atoms with Gasteiger partial charge >= 0.3 is 0 Å². The Morgan fingerprint density at radius 3 is 2.41 bits per heavy atom. The zero-order valence-electron chi connectivity index (χ0n) is 23.0. The molecule has 0 spiro atoms. The van der Waals surface area contributed by atoms with Crippen molar-refractivity contribution in [3.63, 3.8) is 0 Å². The zero-order chi connectivity index (χ0) is 27.5. The smallest absolute Gasteiger partial charge is 0.248 e. The highest BCUT2D eigenvalue weighted by Gasteiger charge is 2.30. The van der Waals surface area contributed by atoms with Gasteiger partial charge in [0.15, 0.2) is 0 Å². The van der Waals surface area contributed by atoms with Gasteiger partial charge in [0, 0.05) is 72.7 Å². The molecule has 0 saturated carbocycles. The van der Waals surface area contributed by atoms with Crippen LogP contribution in [0.4, 0.5) is 5.69 Å². The lowest BCUT2D eigenvalue weighted by molar-refractivity contribution is -0.133. The molecule has 3 heterocycles. The number of carbonyl (C=O) groups is 2. The number of anilines is 1. The van der Waals surface area contributed by atoms with E-state index in [1.54, 1.807) is 12.1 Å². The van der Waals surface area contributed by atoms with Gasteiger partial charge in [0.2, 0.25) is 11.8 Å².